The van der Waals surface area contributed by atoms with Crippen LogP contribution in [0.4, 0.5) is 5.82 Å². The van der Waals surface area contributed by atoms with Crippen LogP contribution in [0.1, 0.15) is 30.8 Å². The van der Waals surface area contributed by atoms with Gasteiger partial charge in [0.05, 0.1) is 5.02 Å². The van der Waals surface area contributed by atoms with Gasteiger partial charge in [0, 0.05) is 26.1 Å². The number of aromatic nitrogens is 4. The number of hydrogen-bond donors (Lipinski definition) is 1. The maximum atomic E-state index is 12.2. The number of fused-ring (bicyclic) bond motifs is 1. The average Bonchev–Trinajstić information content (AvgIpc) is 2.89. The molecule has 3 rings (SSSR count). The van der Waals surface area contributed by atoms with E-state index in [2.05, 4.69) is 15.4 Å². The summed E-state index contributed by atoms with van der Waals surface area (Å²) in [7, 11) is 0. The molecule has 0 saturated heterocycles. The van der Waals surface area contributed by atoms with Gasteiger partial charge >= 0.3 is 5.69 Å². The highest BCUT2D eigenvalue weighted by Crippen LogP contribution is 2.15. The van der Waals surface area contributed by atoms with Crippen LogP contribution in [0.15, 0.2) is 16.9 Å². The minimum absolute atomic E-state index is 0.0175. The Morgan fingerprint density at radius 1 is 1.39 bits per heavy atom. The largest absolute Gasteiger partial charge is 0.370 e. The Labute approximate surface area is 138 Å². The van der Waals surface area contributed by atoms with Crippen LogP contribution in [0.3, 0.4) is 0 Å². The van der Waals surface area contributed by atoms with Gasteiger partial charge in [0.15, 0.2) is 5.69 Å². The first-order chi connectivity index (χ1) is 11.2. The summed E-state index contributed by atoms with van der Waals surface area (Å²) >= 11 is 5.84. The minimum Gasteiger partial charge on any atom is -0.370 e. The van der Waals surface area contributed by atoms with Crippen LogP contribution in [0.5, 0.6) is 0 Å². The number of halogens is 1. The SMILES string of the molecule is N#Cc1nc(NCCCn2nc3n(c2=O)CCCC3)ccc1Cl. The van der Waals surface area contributed by atoms with E-state index in [0.717, 1.165) is 38.1 Å². The van der Waals surface area contributed by atoms with Crippen molar-refractivity contribution in [2.24, 2.45) is 0 Å². The van der Waals surface area contributed by atoms with E-state index >= 15 is 0 Å². The number of rotatable bonds is 5. The topological polar surface area (TPSA) is 88.5 Å². The summed E-state index contributed by atoms with van der Waals surface area (Å²) in [5.41, 5.74) is 0.186. The molecule has 1 N–H and O–H groups in total. The monoisotopic (exact) mass is 332 g/mol. The fourth-order valence-electron chi connectivity index (χ4n) is 2.66. The van der Waals surface area contributed by atoms with Gasteiger partial charge < -0.3 is 5.32 Å². The Morgan fingerprint density at radius 3 is 3.04 bits per heavy atom. The highest BCUT2D eigenvalue weighted by molar-refractivity contribution is 6.31. The number of pyridine rings is 1. The Balaban J connectivity index is 1.55. The molecule has 2 aromatic rings. The molecule has 0 atom stereocenters. The van der Waals surface area contributed by atoms with E-state index in [1.165, 1.54) is 0 Å². The summed E-state index contributed by atoms with van der Waals surface area (Å²) in [5, 5.41) is 16.8. The zero-order valence-corrected chi connectivity index (χ0v) is 13.4. The highest BCUT2D eigenvalue weighted by atomic mass is 35.5. The third kappa shape index (κ3) is 3.37. The van der Waals surface area contributed by atoms with Gasteiger partial charge in [-0.05, 0) is 31.4 Å². The lowest BCUT2D eigenvalue weighted by Gasteiger charge is -2.09. The van der Waals surface area contributed by atoms with Crippen molar-refractivity contribution >= 4 is 17.4 Å². The molecule has 3 heterocycles. The normalized spacial score (nSPS) is 13.4. The zero-order chi connectivity index (χ0) is 16.2. The standard InChI is InChI=1S/C15H17ClN6O/c16-11-5-6-13(19-12(11)10-17)18-7-3-9-22-15(23)21-8-2-1-4-14(21)20-22/h5-6H,1-4,7-9H2,(H,18,19). The van der Waals surface area contributed by atoms with E-state index in [9.17, 15) is 4.79 Å². The molecule has 0 bridgehead atoms. The molecule has 23 heavy (non-hydrogen) atoms. The van der Waals surface area contributed by atoms with Gasteiger partial charge in [0.1, 0.15) is 17.7 Å². The molecule has 0 fully saturated rings. The lowest BCUT2D eigenvalue weighted by molar-refractivity contribution is 0.510. The second-order valence-corrected chi connectivity index (χ2v) is 5.86. The van der Waals surface area contributed by atoms with Gasteiger partial charge in [0.25, 0.3) is 0 Å². The number of aryl methyl sites for hydroxylation is 2. The number of nitriles is 1. The lowest BCUT2D eigenvalue weighted by Crippen LogP contribution is -2.27. The smallest absolute Gasteiger partial charge is 0.345 e. The van der Waals surface area contributed by atoms with Crippen molar-refractivity contribution in [3.8, 4) is 6.07 Å². The van der Waals surface area contributed by atoms with Crippen LogP contribution in [-0.2, 0) is 19.5 Å². The minimum atomic E-state index is -0.0175. The molecule has 0 spiro atoms. The molecule has 0 saturated carbocycles. The van der Waals surface area contributed by atoms with Crippen molar-refractivity contribution in [3.05, 3.63) is 39.2 Å². The summed E-state index contributed by atoms with van der Waals surface area (Å²) < 4.78 is 3.31. The summed E-state index contributed by atoms with van der Waals surface area (Å²) in [4.78, 5) is 16.3. The molecule has 0 radical (unpaired) electrons. The van der Waals surface area contributed by atoms with E-state index in [1.54, 1.807) is 21.4 Å². The van der Waals surface area contributed by atoms with Crippen LogP contribution in [-0.4, -0.2) is 25.9 Å². The first-order valence-corrected chi connectivity index (χ1v) is 8.04. The maximum absolute atomic E-state index is 12.2. The molecule has 8 heteroatoms. The van der Waals surface area contributed by atoms with Crippen LogP contribution in [0.2, 0.25) is 5.02 Å². The fraction of sp³-hybridized carbons (Fsp3) is 0.467. The summed E-state index contributed by atoms with van der Waals surface area (Å²) in [6.07, 6.45) is 3.76. The van der Waals surface area contributed by atoms with Gasteiger partial charge in [0.2, 0.25) is 0 Å². The van der Waals surface area contributed by atoms with Crippen molar-refractivity contribution in [3.63, 3.8) is 0 Å². The molecular formula is C15H17ClN6O. The van der Waals surface area contributed by atoms with Gasteiger partial charge in [-0.25, -0.2) is 14.5 Å². The van der Waals surface area contributed by atoms with Crippen molar-refractivity contribution in [1.82, 2.24) is 19.3 Å². The van der Waals surface area contributed by atoms with E-state index in [0.29, 0.717) is 23.9 Å². The molecular weight excluding hydrogens is 316 g/mol. The predicted molar refractivity (Wildman–Crippen MR) is 86.5 cm³/mol. The molecule has 1 aliphatic heterocycles. The maximum Gasteiger partial charge on any atom is 0.345 e. The number of nitrogens with one attached hydrogen (secondary N) is 1. The van der Waals surface area contributed by atoms with Gasteiger partial charge in [-0.15, -0.1) is 0 Å². The van der Waals surface area contributed by atoms with Crippen molar-refractivity contribution in [2.75, 3.05) is 11.9 Å². The average molecular weight is 333 g/mol. The summed E-state index contributed by atoms with van der Waals surface area (Å²) in [6.45, 7) is 1.97. The van der Waals surface area contributed by atoms with Gasteiger partial charge in [-0.2, -0.15) is 10.4 Å². The van der Waals surface area contributed by atoms with Gasteiger partial charge in [-0.1, -0.05) is 11.6 Å². The molecule has 120 valence electrons. The molecule has 0 amide bonds. The van der Waals surface area contributed by atoms with E-state index in [1.807, 2.05) is 6.07 Å². The Hall–Kier alpha value is -2.33. The zero-order valence-electron chi connectivity index (χ0n) is 12.6. The van der Waals surface area contributed by atoms with Crippen molar-refractivity contribution < 1.29 is 0 Å². The van der Waals surface area contributed by atoms with E-state index in [-0.39, 0.29) is 11.4 Å². The Kier molecular flexibility index (Phi) is 4.63. The van der Waals surface area contributed by atoms with Crippen LogP contribution in [0.25, 0.3) is 0 Å². The second-order valence-electron chi connectivity index (χ2n) is 5.45. The number of anilines is 1. The fourth-order valence-corrected chi connectivity index (χ4v) is 2.81. The van der Waals surface area contributed by atoms with E-state index in [4.69, 9.17) is 16.9 Å². The van der Waals surface area contributed by atoms with Crippen molar-refractivity contribution in [1.29, 1.82) is 5.26 Å². The van der Waals surface area contributed by atoms with Gasteiger partial charge in [-0.3, -0.25) is 4.57 Å². The quantitative estimate of drug-likeness (QED) is 0.843. The second kappa shape index (κ2) is 6.84. The highest BCUT2D eigenvalue weighted by Gasteiger charge is 2.16. The van der Waals surface area contributed by atoms with Crippen LogP contribution < -0.4 is 11.0 Å². The lowest BCUT2D eigenvalue weighted by atomic mass is 10.2. The number of nitrogens with zero attached hydrogens (tertiary/aromatic N) is 5. The first-order valence-electron chi connectivity index (χ1n) is 7.66. The predicted octanol–water partition coefficient (Wildman–Crippen LogP) is 1.80. The Morgan fingerprint density at radius 2 is 2.26 bits per heavy atom. The van der Waals surface area contributed by atoms with Crippen LogP contribution >= 0.6 is 11.6 Å². The summed E-state index contributed by atoms with van der Waals surface area (Å²) in [5.74, 6) is 1.50. The molecule has 1 aliphatic rings. The Bertz CT molecular complexity index is 803. The first kappa shape index (κ1) is 15.6. The summed E-state index contributed by atoms with van der Waals surface area (Å²) in [6, 6.07) is 5.31. The molecule has 2 aromatic heterocycles. The molecule has 0 aromatic carbocycles. The molecule has 7 nitrogen and oxygen atoms in total. The van der Waals surface area contributed by atoms with Crippen molar-refractivity contribution in [2.45, 2.75) is 38.8 Å². The third-order valence-corrected chi connectivity index (χ3v) is 4.14. The molecule has 0 aliphatic carbocycles. The molecule has 0 unspecified atom stereocenters. The number of hydrogen-bond acceptors (Lipinski definition) is 5. The van der Waals surface area contributed by atoms with Crippen LogP contribution in [0, 0.1) is 11.3 Å². The van der Waals surface area contributed by atoms with E-state index < -0.39 is 0 Å². The third-order valence-electron chi connectivity index (χ3n) is 3.84.